The second-order valence-electron chi connectivity index (χ2n) is 6.92. The molecule has 164 valence electrons. The monoisotopic (exact) mass is 471 g/mol. The van der Waals surface area contributed by atoms with Crippen molar-refractivity contribution in [3.05, 3.63) is 82.8 Å². The van der Waals surface area contributed by atoms with Crippen LogP contribution < -0.4 is 10.0 Å². The summed E-state index contributed by atoms with van der Waals surface area (Å²) in [6, 6.07) is 13.4. The first-order chi connectivity index (χ1) is 15.2. The molecule has 0 spiro atoms. The number of halogens is 1. The van der Waals surface area contributed by atoms with Gasteiger partial charge in [0.1, 0.15) is 11.5 Å². The van der Waals surface area contributed by atoms with Gasteiger partial charge in [-0.2, -0.15) is 0 Å². The zero-order valence-corrected chi connectivity index (χ0v) is 18.7. The summed E-state index contributed by atoms with van der Waals surface area (Å²) in [4.78, 5) is 17.7. The number of amides is 1. The quantitative estimate of drug-likeness (QED) is 0.402. The van der Waals surface area contributed by atoms with Gasteiger partial charge in [-0.25, -0.2) is 17.8 Å². The number of thiazole rings is 1. The van der Waals surface area contributed by atoms with Crippen molar-refractivity contribution in [1.29, 1.82) is 0 Å². The fourth-order valence-electron chi connectivity index (χ4n) is 3.01. The van der Waals surface area contributed by atoms with Crippen molar-refractivity contribution in [3.8, 4) is 10.8 Å². The first kappa shape index (κ1) is 21.7. The Kier molecular flexibility index (Phi) is 5.81. The predicted molar refractivity (Wildman–Crippen MR) is 121 cm³/mol. The number of nitrogens with zero attached hydrogens (tertiary/aromatic N) is 1. The van der Waals surface area contributed by atoms with E-state index in [0.29, 0.717) is 21.2 Å². The van der Waals surface area contributed by atoms with E-state index in [1.54, 1.807) is 38.1 Å². The molecule has 0 aliphatic rings. The molecule has 2 N–H and O–H groups in total. The number of aryl methyl sites for hydroxylation is 2. The number of nitrogens with one attached hydrogen (secondary N) is 2. The van der Waals surface area contributed by atoms with Crippen LogP contribution in [0.5, 0.6) is 0 Å². The van der Waals surface area contributed by atoms with Crippen LogP contribution in [-0.2, 0) is 10.0 Å². The van der Waals surface area contributed by atoms with Crippen LogP contribution in [0.2, 0.25) is 0 Å². The summed E-state index contributed by atoms with van der Waals surface area (Å²) >= 11 is 1.32. The van der Waals surface area contributed by atoms with Gasteiger partial charge in [0.05, 0.1) is 16.8 Å². The molecule has 32 heavy (non-hydrogen) atoms. The number of carbonyl (C=O) groups is 1. The van der Waals surface area contributed by atoms with Crippen molar-refractivity contribution in [2.75, 3.05) is 10.0 Å². The summed E-state index contributed by atoms with van der Waals surface area (Å²) < 4.78 is 47.2. The SMILES string of the molecule is Cc1ccc(NC(=O)c2nc(-c3ccco3)sc2C)cc1S(=O)(=O)Nc1ccccc1F. The molecule has 0 saturated heterocycles. The molecule has 2 aromatic carbocycles. The average Bonchev–Trinajstić information content (AvgIpc) is 3.40. The maximum atomic E-state index is 13.9. The van der Waals surface area contributed by atoms with E-state index in [0.717, 1.165) is 6.07 Å². The topological polar surface area (TPSA) is 101 Å². The number of aromatic nitrogens is 1. The molecule has 1 amide bonds. The van der Waals surface area contributed by atoms with Gasteiger partial charge in [-0.3, -0.25) is 9.52 Å². The molecule has 0 aliphatic carbocycles. The third kappa shape index (κ3) is 4.41. The maximum absolute atomic E-state index is 13.9. The van der Waals surface area contributed by atoms with Gasteiger partial charge in [-0.1, -0.05) is 18.2 Å². The van der Waals surface area contributed by atoms with E-state index < -0.39 is 21.7 Å². The zero-order valence-electron chi connectivity index (χ0n) is 17.0. The Hall–Kier alpha value is -3.50. The molecule has 7 nitrogen and oxygen atoms in total. The molecule has 0 bridgehead atoms. The second kappa shape index (κ2) is 8.56. The summed E-state index contributed by atoms with van der Waals surface area (Å²) in [5, 5.41) is 3.25. The van der Waals surface area contributed by atoms with Gasteiger partial charge >= 0.3 is 0 Å². The Morgan fingerprint density at radius 2 is 1.88 bits per heavy atom. The molecule has 0 unspecified atom stereocenters. The minimum absolute atomic E-state index is 0.0789. The van der Waals surface area contributed by atoms with Crippen molar-refractivity contribution in [3.63, 3.8) is 0 Å². The van der Waals surface area contributed by atoms with Crippen molar-refractivity contribution in [2.45, 2.75) is 18.7 Å². The van der Waals surface area contributed by atoms with Crippen LogP contribution in [0.4, 0.5) is 15.8 Å². The number of rotatable bonds is 6. The van der Waals surface area contributed by atoms with E-state index in [2.05, 4.69) is 15.0 Å². The molecule has 2 aromatic heterocycles. The number of sulfonamides is 1. The summed E-state index contributed by atoms with van der Waals surface area (Å²) in [5.41, 5.74) is 0.763. The van der Waals surface area contributed by atoms with Gasteiger partial charge < -0.3 is 9.73 Å². The molecule has 0 aliphatic heterocycles. The number of furan rings is 1. The van der Waals surface area contributed by atoms with Crippen LogP contribution in [0.1, 0.15) is 20.9 Å². The van der Waals surface area contributed by atoms with Crippen molar-refractivity contribution < 1.29 is 22.0 Å². The molecule has 0 saturated carbocycles. The Bertz CT molecular complexity index is 1400. The first-order valence-corrected chi connectivity index (χ1v) is 11.8. The molecule has 0 radical (unpaired) electrons. The Balaban J connectivity index is 1.59. The fraction of sp³-hybridized carbons (Fsp3) is 0.0909. The average molecular weight is 472 g/mol. The standard InChI is InChI=1S/C22H18FN3O4S2/c1-13-9-10-15(12-19(13)32(28,29)26-17-7-4-3-6-16(17)23)24-21(27)20-14(2)31-22(25-20)18-8-5-11-30-18/h3-12,26H,1-2H3,(H,24,27). The van der Waals surface area contributed by atoms with Gasteiger partial charge in [0.2, 0.25) is 0 Å². The van der Waals surface area contributed by atoms with E-state index in [4.69, 9.17) is 4.42 Å². The van der Waals surface area contributed by atoms with Crippen LogP contribution >= 0.6 is 11.3 Å². The molecule has 4 rings (SSSR count). The molecule has 2 heterocycles. The first-order valence-electron chi connectivity index (χ1n) is 9.45. The minimum atomic E-state index is -4.09. The van der Waals surface area contributed by atoms with Gasteiger partial charge in [0, 0.05) is 10.6 Å². The number of benzene rings is 2. The molecule has 10 heteroatoms. The van der Waals surface area contributed by atoms with Gasteiger partial charge in [-0.05, 0) is 55.8 Å². The van der Waals surface area contributed by atoms with Crippen LogP contribution in [0.15, 0.2) is 70.2 Å². The van der Waals surface area contributed by atoms with Gasteiger partial charge in [0.25, 0.3) is 15.9 Å². The van der Waals surface area contributed by atoms with Crippen LogP contribution in [0, 0.1) is 19.7 Å². The van der Waals surface area contributed by atoms with E-state index in [1.165, 1.54) is 41.9 Å². The van der Waals surface area contributed by atoms with E-state index in [9.17, 15) is 17.6 Å². The zero-order chi connectivity index (χ0) is 22.9. The lowest BCUT2D eigenvalue weighted by Crippen LogP contribution is -2.17. The van der Waals surface area contributed by atoms with E-state index in [1.807, 2.05) is 0 Å². The van der Waals surface area contributed by atoms with Crippen LogP contribution in [0.3, 0.4) is 0 Å². The van der Waals surface area contributed by atoms with Gasteiger partial charge in [0.15, 0.2) is 10.8 Å². The minimum Gasteiger partial charge on any atom is -0.462 e. The van der Waals surface area contributed by atoms with Crippen molar-refractivity contribution >= 4 is 38.6 Å². The van der Waals surface area contributed by atoms with Crippen molar-refractivity contribution in [1.82, 2.24) is 4.98 Å². The smallest absolute Gasteiger partial charge is 0.275 e. The Morgan fingerprint density at radius 1 is 1.09 bits per heavy atom. The molecule has 0 atom stereocenters. The highest BCUT2D eigenvalue weighted by Gasteiger charge is 2.21. The lowest BCUT2D eigenvalue weighted by Gasteiger charge is -2.13. The normalized spacial score (nSPS) is 11.3. The molecular weight excluding hydrogens is 453 g/mol. The third-order valence-electron chi connectivity index (χ3n) is 4.60. The van der Waals surface area contributed by atoms with E-state index >= 15 is 0 Å². The summed E-state index contributed by atoms with van der Waals surface area (Å²) in [6.45, 7) is 3.38. The number of anilines is 2. The molecule has 0 fully saturated rings. The summed E-state index contributed by atoms with van der Waals surface area (Å²) in [7, 11) is -4.09. The third-order valence-corrected chi connectivity index (χ3v) is 7.09. The van der Waals surface area contributed by atoms with Crippen LogP contribution in [0.25, 0.3) is 10.8 Å². The largest absolute Gasteiger partial charge is 0.462 e. The summed E-state index contributed by atoms with van der Waals surface area (Å²) in [5.74, 6) is -0.615. The number of hydrogen-bond donors (Lipinski definition) is 2. The maximum Gasteiger partial charge on any atom is 0.275 e. The highest BCUT2D eigenvalue weighted by Crippen LogP contribution is 2.29. The molecular formula is C22H18FN3O4S2. The number of para-hydroxylation sites is 1. The lowest BCUT2D eigenvalue weighted by molar-refractivity contribution is 0.102. The van der Waals surface area contributed by atoms with E-state index in [-0.39, 0.29) is 22.0 Å². The highest BCUT2D eigenvalue weighted by atomic mass is 32.2. The lowest BCUT2D eigenvalue weighted by atomic mass is 10.2. The number of hydrogen-bond acceptors (Lipinski definition) is 6. The molecule has 4 aromatic rings. The Labute approximate surface area is 188 Å². The summed E-state index contributed by atoms with van der Waals surface area (Å²) in [6.07, 6.45) is 1.52. The highest BCUT2D eigenvalue weighted by molar-refractivity contribution is 7.92. The van der Waals surface area contributed by atoms with Crippen molar-refractivity contribution in [2.24, 2.45) is 0 Å². The van der Waals surface area contributed by atoms with Crippen LogP contribution in [-0.4, -0.2) is 19.3 Å². The predicted octanol–water partition coefficient (Wildman–Crippen LogP) is 5.21. The number of carbonyl (C=O) groups excluding carboxylic acids is 1. The fourth-order valence-corrected chi connectivity index (χ4v) is 5.23. The Morgan fingerprint density at radius 3 is 2.59 bits per heavy atom. The van der Waals surface area contributed by atoms with Gasteiger partial charge in [-0.15, -0.1) is 11.3 Å². The second-order valence-corrected chi connectivity index (χ2v) is 9.77.